The fraction of sp³-hybridized carbons (Fsp3) is 0.280. The summed E-state index contributed by atoms with van der Waals surface area (Å²) in [5.74, 6) is -0.0829. The molecule has 9 nitrogen and oxygen atoms in total. The van der Waals surface area contributed by atoms with Gasteiger partial charge in [-0.05, 0) is 36.6 Å². The number of rotatable bonds is 9. The highest BCUT2D eigenvalue weighted by Gasteiger charge is 2.49. The van der Waals surface area contributed by atoms with Gasteiger partial charge in [-0.2, -0.15) is 0 Å². The van der Waals surface area contributed by atoms with Crippen LogP contribution in [-0.4, -0.2) is 40.0 Å². The molecule has 1 fully saturated rings. The lowest BCUT2D eigenvalue weighted by Gasteiger charge is -2.13. The summed E-state index contributed by atoms with van der Waals surface area (Å²) in [7, 11) is 1.47. The van der Waals surface area contributed by atoms with Gasteiger partial charge in [-0.1, -0.05) is 29.3 Å². The minimum Gasteiger partial charge on any atom is -0.493 e. The maximum atomic E-state index is 13.2. The molecule has 1 aliphatic carbocycles. The van der Waals surface area contributed by atoms with Crippen LogP contribution in [0, 0.1) is 12.0 Å². The van der Waals surface area contributed by atoms with Gasteiger partial charge in [0.25, 0.3) is 0 Å². The topological polar surface area (TPSA) is 103 Å². The second kappa shape index (κ2) is 10.9. The molecule has 0 spiro atoms. The molecule has 0 aliphatic heterocycles. The van der Waals surface area contributed by atoms with Crippen molar-refractivity contribution in [3.63, 3.8) is 0 Å². The Labute approximate surface area is 217 Å². The van der Waals surface area contributed by atoms with Crippen LogP contribution in [0.15, 0.2) is 54.0 Å². The lowest BCUT2D eigenvalue weighted by molar-refractivity contribution is -0.126. The van der Waals surface area contributed by atoms with E-state index < -0.39 is 5.41 Å². The van der Waals surface area contributed by atoms with Crippen LogP contribution in [0.4, 0.5) is 0 Å². The fourth-order valence-corrected chi connectivity index (χ4v) is 4.21. The maximum Gasteiger partial charge on any atom is 0.305 e. The van der Waals surface area contributed by atoms with Crippen LogP contribution in [0.25, 0.3) is 4.95 Å². The van der Waals surface area contributed by atoms with Gasteiger partial charge in [0.05, 0.1) is 34.1 Å². The van der Waals surface area contributed by atoms with E-state index >= 15 is 0 Å². The van der Waals surface area contributed by atoms with Crippen molar-refractivity contribution in [2.24, 2.45) is 10.4 Å². The van der Waals surface area contributed by atoms with E-state index in [-0.39, 0.29) is 45.9 Å². The van der Waals surface area contributed by atoms with Crippen molar-refractivity contribution in [2.75, 3.05) is 13.7 Å². The third-order valence-corrected chi connectivity index (χ3v) is 6.65. The first-order valence-electron chi connectivity index (χ1n) is 11.1. The average Bonchev–Trinajstić information content (AvgIpc) is 3.69. The van der Waals surface area contributed by atoms with Gasteiger partial charge in [-0.15, -0.1) is 0 Å². The number of carbonyl (C=O) groups is 2. The van der Waals surface area contributed by atoms with Gasteiger partial charge >= 0.3 is 6.57 Å². The molecule has 4 rings (SSSR count). The summed E-state index contributed by atoms with van der Waals surface area (Å²) in [6.45, 7) is 6.22. The standard InChI is InChI=1S/C25H22Cl2N6O3/c1-28-33-20(21(34)10-17-18(26)13-30-14-19(17)27)5-6-22(36-2)23(33)32-15-25(7-8-25)24(35)31-12-16-4-3-9-29-11-16/h1,3-6,9,11,13-14H,7-8,10,12,15H2,2H3/p+1. The number of halogens is 2. The molecule has 3 aromatic rings. The lowest BCUT2D eigenvalue weighted by atomic mass is 10.1. The van der Waals surface area contributed by atoms with Crippen LogP contribution in [0.5, 0.6) is 5.75 Å². The second-order valence-corrected chi connectivity index (χ2v) is 9.17. The van der Waals surface area contributed by atoms with Crippen molar-refractivity contribution in [2.45, 2.75) is 25.8 Å². The van der Waals surface area contributed by atoms with Gasteiger partial charge in [-0.3, -0.25) is 24.5 Å². The molecule has 184 valence electrons. The Morgan fingerprint density at radius 2 is 1.94 bits per heavy atom. The number of amides is 1. The van der Waals surface area contributed by atoms with Gasteiger partial charge in [-0.25, -0.2) is 0 Å². The average molecular weight is 526 g/mol. The zero-order valence-corrected chi connectivity index (χ0v) is 21.0. The fourth-order valence-electron chi connectivity index (χ4n) is 3.72. The van der Waals surface area contributed by atoms with Crippen LogP contribution in [0.1, 0.15) is 34.5 Å². The van der Waals surface area contributed by atoms with Crippen molar-refractivity contribution in [1.29, 1.82) is 0 Å². The molecule has 3 heterocycles. The minimum absolute atomic E-state index is 0.0951. The molecule has 0 radical (unpaired) electrons. The summed E-state index contributed by atoms with van der Waals surface area (Å²) in [6, 6.07) is 6.84. The molecule has 11 heteroatoms. The first-order chi connectivity index (χ1) is 17.4. The summed E-state index contributed by atoms with van der Waals surface area (Å²) >= 11 is 12.4. The molecule has 0 aromatic carbocycles. The van der Waals surface area contributed by atoms with Crippen molar-refractivity contribution in [1.82, 2.24) is 20.0 Å². The number of nitrogens with zero attached hydrogens (tertiary/aromatic N) is 5. The van der Waals surface area contributed by atoms with Crippen molar-refractivity contribution in [3.8, 4) is 12.3 Å². The molecule has 1 N–H and O–H groups in total. The largest absolute Gasteiger partial charge is 0.493 e. The molecule has 0 saturated heterocycles. The highest BCUT2D eigenvalue weighted by atomic mass is 35.5. The van der Waals surface area contributed by atoms with E-state index in [0.29, 0.717) is 30.7 Å². The van der Waals surface area contributed by atoms with Crippen molar-refractivity contribution in [3.05, 3.63) is 86.4 Å². The Morgan fingerprint density at radius 1 is 1.19 bits per heavy atom. The predicted octanol–water partition coefficient (Wildman–Crippen LogP) is 3.74. The van der Waals surface area contributed by atoms with E-state index in [1.807, 2.05) is 12.1 Å². The van der Waals surface area contributed by atoms with Gasteiger partial charge < -0.3 is 10.1 Å². The van der Waals surface area contributed by atoms with Gasteiger partial charge in [0.1, 0.15) is 0 Å². The zero-order valence-electron chi connectivity index (χ0n) is 19.4. The van der Waals surface area contributed by atoms with Crippen LogP contribution < -0.4 is 15.5 Å². The van der Waals surface area contributed by atoms with Crippen LogP contribution in [-0.2, 0) is 17.8 Å². The number of Topliss-reactive ketones (excluding diaryl/α,β-unsaturated/α-hetero) is 1. The van der Waals surface area contributed by atoms with Gasteiger partial charge in [0.2, 0.25) is 11.4 Å². The number of nitrogens with one attached hydrogen (secondary N) is 1. The smallest absolute Gasteiger partial charge is 0.305 e. The van der Waals surface area contributed by atoms with E-state index in [2.05, 4.69) is 25.2 Å². The number of carbonyl (C=O) groups excluding carboxylic acids is 2. The lowest BCUT2D eigenvalue weighted by Crippen LogP contribution is -2.34. The highest BCUT2D eigenvalue weighted by molar-refractivity contribution is 6.36. The molecule has 1 amide bonds. The summed E-state index contributed by atoms with van der Waals surface area (Å²) in [4.78, 5) is 42.4. The Kier molecular flexibility index (Phi) is 7.67. The van der Waals surface area contributed by atoms with Gasteiger partial charge in [0.15, 0.2) is 17.2 Å². The highest BCUT2D eigenvalue weighted by Crippen LogP contribution is 2.46. The van der Waals surface area contributed by atoms with Crippen molar-refractivity contribution >= 4 is 34.9 Å². The van der Waals surface area contributed by atoms with Crippen molar-refractivity contribution < 1.29 is 14.3 Å². The summed E-state index contributed by atoms with van der Waals surface area (Å²) < 4.78 is 6.63. The number of ketones is 1. The minimum atomic E-state index is -0.641. The van der Waals surface area contributed by atoms with E-state index in [1.165, 1.54) is 30.2 Å². The SMILES string of the molecule is C#[N+]n1c(C(=O)Cc2c(Cl)cncc2Cl)ccc(OC)c1=NCC1(C(=O)NCc2cccnc2)CC1. The van der Waals surface area contributed by atoms with E-state index in [9.17, 15) is 9.59 Å². The van der Waals surface area contributed by atoms with Crippen LogP contribution in [0.2, 0.25) is 10.0 Å². The number of ether oxygens (including phenoxy) is 1. The number of pyridine rings is 3. The third-order valence-electron chi connectivity index (χ3n) is 6.00. The van der Waals surface area contributed by atoms with Crippen LogP contribution in [0.3, 0.4) is 0 Å². The normalized spacial score (nSPS) is 14.1. The third kappa shape index (κ3) is 5.40. The van der Waals surface area contributed by atoms with E-state index in [0.717, 1.165) is 5.56 Å². The number of methoxy groups -OCH3 is 1. The first kappa shape index (κ1) is 25.4. The Balaban J connectivity index is 1.59. The summed E-state index contributed by atoms with van der Waals surface area (Å²) in [6.07, 6.45) is 7.50. The zero-order chi connectivity index (χ0) is 25.7. The molecule has 3 aromatic heterocycles. The van der Waals surface area contributed by atoms with E-state index in [1.54, 1.807) is 18.5 Å². The number of hydrogen-bond acceptors (Lipinski definition) is 6. The molecular weight excluding hydrogens is 503 g/mol. The molecule has 0 bridgehead atoms. The molecule has 1 aliphatic rings. The molecular formula is C25H23Cl2N6O3+. The summed E-state index contributed by atoms with van der Waals surface area (Å²) in [5.41, 5.74) is 1.09. The van der Waals surface area contributed by atoms with Crippen LogP contribution >= 0.6 is 23.2 Å². The molecule has 0 unspecified atom stereocenters. The Hall–Kier alpha value is -3.74. The molecule has 36 heavy (non-hydrogen) atoms. The second-order valence-electron chi connectivity index (χ2n) is 8.36. The molecule has 0 atom stereocenters. The Morgan fingerprint density at radius 3 is 2.56 bits per heavy atom. The first-order valence-corrected chi connectivity index (χ1v) is 11.8. The molecule has 1 saturated carbocycles. The monoisotopic (exact) mass is 525 g/mol. The maximum absolute atomic E-state index is 13.2. The van der Waals surface area contributed by atoms with E-state index in [4.69, 9.17) is 34.5 Å². The quantitative estimate of drug-likeness (QED) is 0.428. The van der Waals surface area contributed by atoms with Gasteiger partial charge in [0, 0.05) is 48.0 Å². The number of aromatic nitrogens is 3. The summed E-state index contributed by atoms with van der Waals surface area (Å²) in [5, 5.41) is 3.51. The predicted molar refractivity (Wildman–Crippen MR) is 135 cm³/mol. The number of hydrogen-bond donors (Lipinski definition) is 1. The Bertz CT molecular complexity index is 1390.